The van der Waals surface area contributed by atoms with E-state index < -0.39 is 5.91 Å². The molecule has 1 radical (unpaired) electrons. The van der Waals surface area contributed by atoms with E-state index in [0.717, 1.165) is 31.5 Å². The number of piperidine rings is 2. The van der Waals surface area contributed by atoms with Gasteiger partial charge in [0.2, 0.25) is 11.8 Å². The zero-order valence-corrected chi connectivity index (χ0v) is 17.8. The first-order valence-corrected chi connectivity index (χ1v) is 10.8. The molecule has 0 bridgehead atoms. The fraction of sp³-hybridized carbons (Fsp3) is 0.550. The largest absolute Gasteiger partial charge is 0.366 e. The summed E-state index contributed by atoms with van der Waals surface area (Å²) >= 11 is 9.42. The second-order valence-electron chi connectivity index (χ2n) is 7.36. The minimum Gasteiger partial charge on any atom is -0.366 e. The highest BCUT2D eigenvalue weighted by Gasteiger charge is 2.27. The molecule has 7 heteroatoms. The minimum absolute atomic E-state index is 0.0544. The van der Waals surface area contributed by atoms with Gasteiger partial charge < -0.3 is 15.5 Å². The third-order valence-corrected chi connectivity index (χ3v) is 6.81. The van der Waals surface area contributed by atoms with Crippen molar-refractivity contribution in [2.45, 2.75) is 44.6 Å². The lowest BCUT2D eigenvalue weighted by molar-refractivity contribution is -0.129. The summed E-state index contributed by atoms with van der Waals surface area (Å²) in [5, 5.41) is 0.303. The fourth-order valence-electron chi connectivity index (χ4n) is 4.01. The Kier molecular flexibility index (Phi) is 7.17. The Bertz CT molecular complexity index is 699. The Morgan fingerprint density at radius 2 is 1.81 bits per heavy atom. The van der Waals surface area contributed by atoms with Gasteiger partial charge in [-0.3, -0.25) is 9.59 Å². The molecule has 2 saturated heterocycles. The van der Waals surface area contributed by atoms with Gasteiger partial charge in [0.25, 0.3) is 0 Å². The van der Waals surface area contributed by atoms with Gasteiger partial charge in [0.1, 0.15) is 0 Å². The number of primary amides is 1. The van der Waals surface area contributed by atoms with Crippen molar-refractivity contribution in [3.05, 3.63) is 39.2 Å². The standard InChI is InChI=1S/C20H26BrClN3O2/c21-17-13-14(12-16(19(17)22)20(23)27)4-5-18(26)25-10-6-15(7-11-25)24-8-2-1-3-9-24/h5,12-13,15H,1-4,6-11H2,(H2,23,27). The van der Waals surface area contributed by atoms with Crippen LogP contribution < -0.4 is 5.73 Å². The molecule has 147 valence electrons. The van der Waals surface area contributed by atoms with Gasteiger partial charge in [0.05, 0.1) is 17.0 Å². The van der Waals surface area contributed by atoms with Crippen molar-refractivity contribution < 1.29 is 9.59 Å². The lowest BCUT2D eigenvalue weighted by Crippen LogP contribution is -2.48. The zero-order chi connectivity index (χ0) is 19.4. The number of likely N-dealkylation sites (tertiary alicyclic amines) is 2. The van der Waals surface area contributed by atoms with Gasteiger partial charge >= 0.3 is 0 Å². The van der Waals surface area contributed by atoms with Gasteiger partial charge in [-0.05, 0) is 78.8 Å². The van der Waals surface area contributed by atoms with E-state index in [0.29, 0.717) is 22.0 Å². The molecule has 0 aromatic heterocycles. The van der Waals surface area contributed by atoms with Crippen LogP contribution in [0.4, 0.5) is 0 Å². The molecule has 2 heterocycles. The topological polar surface area (TPSA) is 66.6 Å². The van der Waals surface area contributed by atoms with Crippen LogP contribution in [0, 0.1) is 6.42 Å². The van der Waals surface area contributed by atoms with Crippen molar-refractivity contribution in [3.63, 3.8) is 0 Å². The van der Waals surface area contributed by atoms with Crippen molar-refractivity contribution in [1.29, 1.82) is 0 Å². The molecule has 2 N–H and O–H groups in total. The highest BCUT2D eigenvalue weighted by Crippen LogP contribution is 2.28. The molecule has 2 fully saturated rings. The molecule has 0 saturated carbocycles. The third-order valence-electron chi connectivity index (χ3n) is 5.55. The van der Waals surface area contributed by atoms with Crippen LogP contribution in [0.1, 0.15) is 48.0 Å². The minimum atomic E-state index is -0.575. The second kappa shape index (κ2) is 9.39. The summed E-state index contributed by atoms with van der Waals surface area (Å²) in [6.45, 7) is 4.04. The van der Waals surface area contributed by atoms with Crippen LogP contribution in [-0.4, -0.2) is 53.8 Å². The van der Waals surface area contributed by atoms with E-state index in [9.17, 15) is 9.59 Å². The number of halogens is 2. The molecule has 0 atom stereocenters. The number of carbonyl (C=O) groups excluding carboxylic acids is 2. The number of nitrogens with zero attached hydrogens (tertiary/aromatic N) is 2. The van der Waals surface area contributed by atoms with E-state index >= 15 is 0 Å². The highest BCUT2D eigenvalue weighted by atomic mass is 79.9. The van der Waals surface area contributed by atoms with Crippen LogP contribution in [0.15, 0.2) is 16.6 Å². The van der Waals surface area contributed by atoms with Crippen LogP contribution in [0.3, 0.4) is 0 Å². The summed E-state index contributed by atoms with van der Waals surface area (Å²) in [5.41, 5.74) is 6.46. The first-order chi connectivity index (χ1) is 13.0. The van der Waals surface area contributed by atoms with E-state index in [-0.39, 0.29) is 11.5 Å². The van der Waals surface area contributed by atoms with Crippen LogP contribution in [-0.2, 0) is 11.2 Å². The number of carbonyl (C=O) groups is 2. The monoisotopic (exact) mass is 454 g/mol. The van der Waals surface area contributed by atoms with Crippen LogP contribution in [0.2, 0.25) is 5.02 Å². The summed E-state index contributed by atoms with van der Waals surface area (Å²) in [4.78, 5) is 28.6. The Labute approximate surface area is 174 Å². The van der Waals surface area contributed by atoms with E-state index in [4.69, 9.17) is 17.3 Å². The lowest BCUT2D eigenvalue weighted by atomic mass is 9.99. The van der Waals surface area contributed by atoms with E-state index in [1.807, 2.05) is 11.0 Å². The van der Waals surface area contributed by atoms with Crippen molar-refractivity contribution in [1.82, 2.24) is 9.80 Å². The van der Waals surface area contributed by atoms with Crippen LogP contribution >= 0.6 is 27.5 Å². The summed E-state index contributed by atoms with van der Waals surface area (Å²) in [7, 11) is 0. The number of hydrogen-bond acceptors (Lipinski definition) is 3. The molecular weight excluding hydrogens is 430 g/mol. The lowest BCUT2D eigenvalue weighted by Gasteiger charge is -2.40. The SMILES string of the molecule is NC(=O)c1cc(C[CH]C(=O)N2CCC(N3CCCCC3)CC2)cc(Br)c1Cl. The molecule has 0 aliphatic carbocycles. The predicted molar refractivity (Wildman–Crippen MR) is 111 cm³/mol. The zero-order valence-electron chi connectivity index (χ0n) is 15.4. The van der Waals surface area contributed by atoms with Gasteiger partial charge in [0.15, 0.2) is 0 Å². The first kappa shape index (κ1) is 20.6. The van der Waals surface area contributed by atoms with E-state index in [1.54, 1.807) is 12.5 Å². The summed E-state index contributed by atoms with van der Waals surface area (Å²) in [6, 6.07) is 4.10. The van der Waals surface area contributed by atoms with Gasteiger partial charge in [-0.15, -0.1) is 0 Å². The van der Waals surface area contributed by atoms with Gasteiger partial charge in [-0.25, -0.2) is 0 Å². The molecule has 2 aliphatic rings. The second-order valence-corrected chi connectivity index (χ2v) is 8.60. The number of nitrogens with two attached hydrogens (primary N) is 1. The quantitative estimate of drug-likeness (QED) is 0.740. The van der Waals surface area contributed by atoms with Crippen molar-refractivity contribution in [2.24, 2.45) is 5.73 Å². The van der Waals surface area contributed by atoms with E-state index in [2.05, 4.69) is 20.8 Å². The molecule has 3 rings (SSSR count). The smallest absolute Gasteiger partial charge is 0.250 e. The van der Waals surface area contributed by atoms with Gasteiger partial charge in [-0.1, -0.05) is 18.0 Å². The maximum absolute atomic E-state index is 12.6. The third kappa shape index (κ3) is 5.24. The molecule has 27 heavy (non-hydrogen) atoms. The Morgan fingerprint density at radius 3 is 2.44 bits per heavy atom. The van der Waals surface area contributed by atoms with Crippen LogP contribution in [0.5, 0.6) is 0 Å². The molecule has 1 aromatic carbocycles. The average molecular weight is 456 g/mol. The van der Waals surface area contributed by atoms with E-state index in [1.165, 1.54) is 32.4 Å². The van der Waals surface area contributed by atoms with Gasteiger partial charge in [0, 0.05) is 23.6 Å². The number of rotatable bonds is 5. The molecule has 5 nitrogen and oxygen atoms in total. The van der Waals surface area contributed by atoms with Gasteiger partial charge in [-0.2, -0.15) is 0 Å². The Hall–Kier alpha value is -1.11. The maximum Gasteiger partial charge on any atom is 0.250 e. The first-order valence-electron chi connectivity index (χ1n) is 9.59. The highest BCUT2D eigenvalue weighted by molar-refractivity contribution is 9.10. The van der Waals surface area contributed by atoms with Crippen molar-refractivity contribution in [3.8, 4) is 0 Å². The molecular formula is C20H26BrClN3O2. The summed E-state index contributed by atoms with van der Waals surface area (Å²) in [5.74, 6) is -0.521. The molecule has 0 unspecified atom stereocenters. The Balaban J connectivity index is 1.51. The average Bonchev–Trinajstić information content (AvgIpc) is 2.69. The van der Waals surface area contributed by atoms with Crippen molar-refractivity contribution >= 4 is 39.3 Å². The summed E-state index contributed by atoms with van der Waals surface area (Å²) in [6.07, 6.45) is 8.19. The molecule has 2 amide bonds. The maximum atomic E-state index is 12.6. The van der Waals surface area contributed by atoms with Crippen LogP contribution in [0.25, 0.3) is 0 Å². The summed E-state index contributed by atoms with van der Waals surface area (Å²) < 4.78 is 0.610. The Morgan fingerprint density at radius 1 is 1.15 bits per heavy atom. The fourth-order valence-corrected chi connectivity index (χ4v) is 4.72. The number of hydrogen-bond donors (Lipinski definition) is 1. The molecule has 0 spiro atoms. The number of benzene rings is 1. The molecule has 2 aliphatic heterocycles. The predicted octanol–water partition coefficient (Wildman–Crippen LogP) is 3.43. The number of amides is 2. The van der Waals surface area contributed by atoms with Crippen molar-refractivity contribution in [2.75, 3.05) is 26.2 Å². The molecule has 1 aromatic rings. The normalized spacial score (nSPS) is 19.3.